The lowest BCUT2D eigenvalue weighted by Gasteiger charge is -2.27. The first-order chi connectivity index (χ1) is 6.82. The Bertz CT molecular complexity index is 227. The smallest absolute Gasteiger partial charge is 0.313 e. The number of esters is 1. The molecule has 0 aromatic heterocycles. The predicted octanol–water partition coefficient (Wildman–Crippen LogP) is 1.57. The number of hydrogen-bond acceptors (Lipinski definition) is 4. The average Bonchev–Trinajstić information content (AvgIpc) is 2.02. The summed E-state index contributed by atoms with van der Waals surface area (Å²) in [6.45, 7) is 7.68. The lowest BCUT2D eigenvalue weighted by molar-refractivity contribution is -0.149. The van der Waals surface area contributed by atoms with Crippen LogP contribution in [-0.4, -0.2) is 31.6 Å². The highest BCUT2D eigenvalue weighted by Gasteiger charge is 2.32. The van der Waals surface area contributed by atoms with E-state index in [2.05, 4.69) is 0 Å². The second kappa shape index (κ2) is 5.85. The quantitative estimate of drug-likeness (QED) is 0.517. The van der Waals surface area contributed by atoms with E-state index >= 15 is 0 Å². The van der Waals surface area contributed by atoms with Crippen LogP contribution in [0.3, 0.4) is 0 Å². The molecule has 0 heterocycles. The van der Waals surface area contributed by atoms with E-state index in [1.165, 1.54) is 7.11 Å². The van der Waals surface area contributed by atoms with Gasteiger partial charge in [-0.3, -0.25) is 9.59 Å². The van der Waals surface area contributed by atoms with Crippen LogP contribution in [-0.2, 0) is 19.1 Å². The summed E-state index contributed by atoms with van der Waals surface area (Å²) in [4.78, 5) is 22.8. The van der Waals surface area contributed by atoms with Crippen LogP contribution >= 0.6 is 0 Å². The number of ketones is 1. The Balaban J connectivity index is 4.35. The molecule has 0 N–H and O–H groups in total. The van der Waals surface area contributed by atoms with E-state index in [1.54, 1.807) is 6.92 Å². The van der Waals surface area contributed by atoms with Crippen molar-refractivity contribution >= 4 is 11.8 Å². The Morgan fingerprint density at radius 2 is 1.80 bits per heavy atom. The summed E-state index contributed by atoms with van der Waals surface area (Å²) in [5.41, 5.74) is -0.307. The molecule has 0 aliphatic rings. The molecule has 4 heteroatoms. The molecule has 1 atom stereocenters. The van der Waals surface area contributed by atoms with E-state index in [0.29, 0.717) is 6.61 Å². The van der Waals surface area contributed by atoms with Gasteiger partial charge in [0.25, 0.3) is 0 Å². The normalized spacial score (nSPS) is 13.4. The maximum atomic E-state index is 11.7. The van der Waals surface area contributed by atoms with Gasteiger partial charge in [-0.25, -0.2) is 0 Å². The zero-order valence-corrected chi connectivity index (χ0v) is 10.1. The third-order valence-electron chi connectivity index (χ3n) is 1.94. The Morgan fingerprint density at radius 1 is 1.27 bits per heavy atom. The lowest BCUT2D eigenvalue weighted by Crippen LogP contribution is -2.37. The molecule has 0 aromatic rings. The van der Waals surface area contributed by atoms with Crippen molar-refractivity contribution in [1.29, 1.82) is 0 Å². The first-order valence-electron chi connectivity index (χ1n) is 5.04. The molecule has 15 heavy (non-hydrogen) atoms. The van der Waals surface area contributed by atoms with Gasteiger partial charge in [0.2, 0.25) is 0 Å². The third-order valence-corrected chi connectivity index (χ3v) is 1.94. The van der Waals surface area contributed by atoms with Crippen LogP contribution in [0, 0.1) is 5.41 Å². The highest BCUT2D eigenvalue weighted by molar-refractivity contribution is 5.98. The summed E-state index contributed by atoms with van der Waals surface area (Å²) >= 11 is 0. The molecule has 0 aliphatic heterocycles. The molecule has 1 unspecified atom stereocenters. The van der Waals surface area contributed by atoms with Gasteiger partial charge in [0.1, 0.15) is 12.5 Å². The highest BCUT2D eigenvalue weighted by Crippen LogP contribution is 2.23. The predicted molar refractivity (Wildman–Crippen MR) is 56.5 cm³/mol. The molecule has 0 radical (unpaired) electrons. The highest BCUT2D eigenvalue weighted by atomic mass is 16.5. The Kier molecular flexibility index (Phi) is 5.50. The fourth-order valence-corrected chi connectivity index (χ4v) is 1.41. The molecule has 0 bridgehead atoms. The Labute approximate surface area is 90.9 Å². The van der Waals surface area contributed by atoms with Crippen molar-refractivity contribution in [3.63, 3.8) is 0 Å². The third kappa shape index (κ3) is 4.93. The fraction of sp³-hybridized carbons (Fsp3) is 0.818. The monoisotopic (exact) mass is 216 g/mol. The van der Waals surface area contributed by atoms with Crippen LogP contribution in [0.4, 0.5) is 0 Å². The maximum absolute atomic E-state index is 11.7. The zero-order chi connectivity index (χ0) is 12.1. The van der Waals surface area contributed by atoms with Crippen molar-refractivity contribution < 1.29 is 19.1 Å². The van der Waals surface area contributed by atoms with Crippen molar-refractivity contribution in [2.24, 2.45) is 5.41 Å². The summed E-state index contributed by atoms with van der Waals surface area (Å²) in [5.74, 6) is -0.725. The minimum absolute atomic E-state index is 0.219. The molecule has 4 nitrogen and oxygen atoms in total. The molecule has 0 aliphatic carbocycles. The second-order valence-corrected chi connectivity index (χ2v) is 4.43. The summed E-state index contributed by atoms with van der Waals surface area (Å²) in [6.07, 6.45) is -0.786. The van der Waals surface area contributed by atoms with Crippen LogP contribution in [0.15, 0.2) is 0 Å². The molecule has 0 amide bonds. The summed E-state index contributed by atoms with van der Waals surface area (Å²) in [5, 5.41) is 0. The molecule has 0 saturated carbocycles. The van der Waals surface area contributed by atoms with E-state index in [9.17, 15) is 9.59 Å². The maximum Gasteiger partial charge on any atom is 0.313 e. The van der Waals surface area contributed by atoms with Crippen molar-refractivity contribution in [2.45, 2.75) is 40.2 Å². The molecular formula is C11H20O4. The molecule has 0 fully saturated rings. The minimum atomic E-state index is -0.568. The van der Waals surface area contributed by atoms with Crippen molar-refractivity contribution in [1.82, 2.24) is 0 Å². The number of rotatable bonds is 5. The number of Topliss-reactive ketones (excluding diaryl/α,β-unsaturated/α-hetero) is 1. The van der Waals surface area contributed by atoms with Crippen molar-refractivity contribution in [3.8, 4) is 0 Å². The Hall–Kier alpha value is -0.900. The van der Waals surface area contributed by atoms with E-state index < -0.39 is 12.1 Å². The topological polar surface area (TPSA) is 52.6 Å². The SMILES string of the molecule is CCOC(=O)CC(=O)C(OC)C(C)(C)C. The largest absolute Gasteiger partial charge is 0.466 e. The standard InChI is InChI=1S/C11H20O4/c1-6-15-9(13)7-8(12)10(14-5)11(2,3)4/h10H,6-7H2,1-5H3. The second-order valence-electron chi connectivity index (χ2n) is 4.43. The number of carbonyl (C=O) groups is 2. The van der Waals surface area contributed by atoms with Crippen LogP contribution in [0.2, 0.25) is 0 Å². The van der Waals surface area contributed by atoms with E-state index in [1.807, 2.05) is 20.8 Å². The van der Waals surface area contributed by atoms with Crippen LogP contribution in [0.25, 0.3) is 0 Å². The minimum Gasteiger partial charge on any atom is -0.466 e. The molecule has 0 rings (SSSR count). The van der Waals surface area contributed by atoms with Crippen molar-refractivity contribution in [2.75, 3.05) is 13.7 Å². The van der Waals surface area contributed by atoms with Gasteiger partial charge >= 0.3 is 5.97 Å². The van der Waals surface area contributed by atoms with Crippen LogP contribution in [0.1, 0.15) is 34.1 Å². The Morgan fingerprint density at radius 3 is 2.13 bits per heavy atom. The van der Waals surface area contributed by atoms with E-state index in [0.717, 1.165) is 0 Å². The van der Waals surface area contributed by atoms with Gasteiger partial charge in [0, 0.05) is 7.11 Å². The van der Waals surface area contributed by atoms with Gasteiger partial charge in [0.05, 0.1) is 6.61 Å². The fourth-order valence-electron chi connectivity index (χ4n) is 1.41. The van der Waals surface area contributed by atoms with Gasteiger partial charge in [0.15, 0.2) is 5.78 Å². The lowest BCUT2D eigenvalue weighted by atomic mass is 9.85. The van der Waals surface area contributed by atoms with Gasteiger partial charge in [-0.05, 0) is 12.3 Å². The van der Waals surface area contributed by atoms with Crippen LogP contribution in [0.5, 0.6) is 0 Å². The molecule has 0 aromatic carbocycles. The molecule has 88 valence electrons. The molecular weight excluding hydrogens is 196 g/mol. The number of carbonyl (C=O) groups excluding carboxylic acids is 2. The van der Waals surface area contributed by atoms with Gasteiger partial charge in [-0.1, -0.05) is 20.8 Å². The zero-order valence-electron chi connectivity index (χ0n) is 10.1. The first-order valence-corrected chi connectivity index (χ1v) is 5.04. The van der Waals surface area contributed by atoms with Gasteiger partial charge in [-0.15, -0.1) is 0 Å². The van der Waals surface area contributed by atoms with E-state index in [-0.39, 0.29) is 17.6 Å². The first kappa shape index (κ1) is 14.1. The summed E-state index contributed by atoms with van der Waals surface area (Å²) < 4.78 is 9.80. The van der Waals surface area contributed by atoms with Crippen molar-refractivity contribution in [3.05, 3.63) is 0 Å². The summed E-state index contributed by atoms with van der Waals surface area (Å²) in [6, 6.07) is 0. The molecule has 0 spiro atoms. The van der Waals surface area contributed by atoms with Crippen LogP contribution < -0.4 is 0 Å². The molecule has 0 saturated heterocycles. The number of hydrogen-bond donors (Lipinski definition) is 0. The van der Waals surface area contributed by atoms with Gasteiger partial charge in [-0.2, -0.15) is 0 Å². The number of methoxy groups -OCH3 is 1. The number of ether oxygens (including phenoxy) is 2. The summed E-state index contributed by atoms with van der Waals surface area (Å²) in [7, 11) is 1.47. The van der Waals surface area contributed by atoms with Gasteiger partial charge < -0.3 is 9.47 Å². The van der Waals surface area contributed by atoms with E-state index in [4.69, 9.17) is 9.47 Å². The average molecular weight is 216 g/mol.